The van der Waals surface area contributed by atoms with E-state index in [1.54, 1.807) is 6.08 Å². The highest BCUT2D eigenvalue weighted by Crippen LogP contribution is 2.18. The summed E-state index contributed by atoms with van der Waals surface area (Å²) in [5.74, 6) is 0.653. The minimum atomic E-state index is 0.0230. The zero-order valence-electron chi connectivity index (χ0n) is 14.0. The number of amides is 2. The van der Waals surface area contributed by atoms with Crippen LogP contribution in [0.1, 0.15) is 32.3 Å². The lowest BCUT2D eigenvalue weighted by atomic mass is 9.95. The van der Waals surface area contributed by atoms with Gasteiger partial charge >= 0.3 is 0 Å². The molecule has 1 heterocycles. The molecular weight excluding hydrogens is 288 g/mol. The molecular formula is C19H26N2O2. The lowest BCUT2D eigenvalue weighted by Crippen LogP contribution is -2.43. The second-order valence-electron chi connectivity index (χ2n) is 6.48. The van der Waals surface area contributed by atoms with E-state index in [1.807, 2.05) is 41.3 Å². The molecule has 1 aliphatic heterocycles. The van der Waals surface area contributed by atoms with Crippen LogP contribution in [0, 0.1) is 11.8 Å². The fraction of sp³-hybridized carbons (Fsp3) is 0.474. The predicted octanol–water partition coefficient (Wildman–Crippen LogP) is 2.71. The SMILES string of the molecule is CC(C)CNC(=O)C1CCN(C(=O)C=Cc2ccccc2)CC1. The summed E-state index contributed by atoms with van der Waals surface area (Å²) in [6, 6.07) is 9.79. The number of nitrogens with one attached hydrogen (secondary N) is 1. The molecule has 124 valence electrons. The Hall–Kier alpha value is -2.10. The van der Waals surface area contributed by atoms with Gasteiger partial charge in [-0.3, -0.25) is 9.59 Å². The molecule has 0 aliphatic carbocycles. The molecule has 1 aliphatic rings. The van der Waals surface area contributed by atoms with Gasteiger partial charge in [-0.2, -0.15) is 0 Å². The van der Waals surface area contributed by atoms with E-state index in [2.05, 4.69) is 19.2 Å². The summed E-state index contributed by atoms with van der Waals surface area (Å²) >= 11 is 0. The summed E-state index contributed by atoms with van der Waals surface area (Å²) in [5.41, 5.74) is 1.02. The molecule has 0 unspecified atom stereocenters. The summed E-state index contributed by atoms with van der Waals surface area (Å²) < 4.78 is 0. The molecule has 2 rings (SSSR count). The molecule has 0 bridgehead atoms. The lowest BCUT2D eigenvalue weighted by Gasteiger charge is -2.30. The minimum Gasteiger partial charge on any atom is -0.356 e. The maximum atomic E-state index is 12.2. The topological polar surface area (TPSA) is 49.4 Å². The molecule has 1 aromatic rings. The normalized spacial score (nSPS) is 16.0. The van der Waals surface area contributed by atoms with Crippen LogP contribution < -0.4 is 5.32 Å². The molecule has 2 amide bonds. The van der Waals surface area contributed by atoms with Crippen molar-refractivity contribution in [3.8, 4) is 0 Å². The second kappa shape index (κ2) is 8.51. The van der Waals surface area contributed by atoms with Gasteiger partial charge in [-0.1, -0.05) is 44.2 Å². The van der Waals surface area contributed by atoms with Crippen molar-refractivity contribution in [3.05, 3.63) is 42.0 Å². The Bertz CT molecular complexity index is 544. The Morgan fingerprint density at radius 1 is 1.22 bits per heavy atom. The number of likely N-dealkylation sites (tertiary alicyclic amines) is 1. The van der Waals surface area contributed by atoms with E-state index < -0.39 is 0 Å². The van der Waals surface area contributed by atoms with Gasteiger partial charge in [0.2, 0.25) is 11.8 Å². The molecule has 1 aromatic carbocycles. The van der Waals surface area contributed by atoms with Gasteiger partial charge in [-0.25, -0.2) is 0 Å². The van der Waals surface area contributed by atoms with Crippen LogP contribution in [0.3, 0.4) is 0 Å². The van der Waals surface area contributed by atoms with Crippen LogP contribution in [0.15, 0.2) is 36.4 Å². The summed E-state index contributed by atoms with van der Waals surface area (Å²) in [7, 11) is 0. The van der Waals surface area contributed by atoms with Gasteiger partial charge in [0.25, 0.3) is 0 Å². The highest BCUT2D eigenvalue weighted by Gasteiger charge is 2.26. The molecule has 1 N–H and O–H groups in total. The predicted molar refractivity (Wildman–Crippen MR) is 92.6 cm³/mol. The highest BCUT2D eigenvalue weighted by molar-refractivity contribution is 5.92. The van der Waals surface area contributed by atoms with Crippen LogP contribution in [0.4, 0.5) is 0 Å². The number of nitrogens with zero attached hydrogens (tertiary/aromatic N) is 1. The Morgan fingerprint density at radius 2 is 1.87 bits per heavy atom. The Labute approximate surface area is 138 Å². The van der Waals surface area contributed by atoms with Gasteiger partial charge in [0.05, 0.1) is 0 Å². The summed E-state index contributed by atoms with van der Waals surface area (Å²) in [4.78, 5) is 26.1. The van der Waals surface area contributed by atoms with Crippen molar-refractivity contribution >= 4 is 17.9 Å². The number of hydrogen-bond acceptors (Lipinski definition) is 2. The van der Waals surface area contributed by atoms with Gasteiger partial charge < -0.3 is 10.2 Å². The third-order valence-electron chi connectivity index (χ3n) is 4.08. The van der Waals surface area contributed by atoms with Crippen LogP contribution in [0.2, 0.25) is 0 Å². The van der Waals surface area contributed by atoms with E-state index >= 15 is 0 Å². The maximum absolute atomic E-state index is 12.2. The van der Waals surface area contributed by atoms with Gasteiger partial charge in [0.15, 0.2) is 0 Å². The molecule has 0 saturated carbocycles. The number of carbonyl (C=O) groups excluding carboxylic acids is 2. The van der Waals surface area contributed by atoms with E-state index in [9.17, 15) is 9.59 Å². The number of carbonyl (C=O) groups is 2. The molecule has 4 nitrogen and oxygen atoms in total. The molecule has 1 fully saturated rings. The van der Waals surface area contributed by atoms with Crippen LogP contribution in [-0.2, 0) is 9.59 Å². The third-order valence-corrected chi connectivity index (χ3v) is 4.08. The molecule has 0 aromatic heterocycles. The Morgan fingerprint density at radius 3 is 2.48 bits per heavy atom. The van der Waals surface area contributed by atoms with Gasteiger partial charge in [0, 0.05) is 31.6 Å². The molecule has 0 atom stereocenters. The van der Waals surface area contributed by atoms with Crippen LogP contribution >= 0.6 is 0 Å². The number of piperidine rings is 1. The van der Waals surface area contributed by atoms with E-state index in [4.69, 9.17) is 0 Å². The van der Waals surface area contributed by atoms with Gasteiger partial charge in [-0.15, -0.1) is 0 Å². The quantitative estimate of drug-likeness (QED) is 0.850. The van der Waals surface area contributed by atoms with Gasteiger partial charge in [0.1, 0.15) is 0 Å². The number of hydrogen-bond donors (Lipinski definition) is 1. The second-order valence-corrected chi connectivity index (χ2v) is 6.48. The molecule has 4 heteroatoms. The van der Waals surface area contributed by atoms with Crippen molar-refractivity contribution in [1.29, 1.82) is 0 Å². The summed E-state index contributed by atoms with van der Waals surface area (Å²) in [6.45, 7) is 6.19. The van der Waals surface area contributed by atoms with Crippen molar-refractivity contribution in [2.24, 2.45) is 11.8 Å². The first-order valence-electron chi connectivity index (χ1n) is 8.36. The average molecular weight is 314 g/mol. The van der Waals surface area contributed by atoms with Crippen LogP contribution in [-0.4, -0.2) is 36.3 Å². The van der Waals surface area contributed by atoms with Crippen molar-refractivity contribution in [2.75, 3.05) is 19.6 Å². The van der Waals surface area contributed by atoms with Crippen molar-refractivity contribution < 1.29 is 9.59 Å². The van der Waals surface area contributed by atoms with E-state index in [-0.39, 0.29) is 17.7 Å². The van der Waals surface area contributed by atoms with Crippen molar-refractivity contribution in [2.45, 2.75) is 26.7 Å². The molecule has 23 heavy (non-hydrogen) atoms. The van der Waals surface area contributed by atoms with E-state index in [0.717, 1.165) is 24.9 Å². The highest BCUT2D eigenvalue weighted by atomic mass is 16.2. The molecule has 1 saturated heterocycles. The Kier molecular flexibility index (Phi) is 6.39. The van der Waals surface area contributed by atoms with Crippen molar-refractivity contribution in [1.82, 2.24) is 10.2 Å². The first kappa shape index (κ1) is 17.3. The maximum Gasteiger partial charge on any atom is 0.246 e. The first-order valence-corrected chi connectivity index (χ1v) is 8.36. The average Bonchev–Trinajstić information content (AvgIpc) is 2.58. The monoisotopic (exact) mass is 314 g/mol. The fourth-order valence-electron chi connectivity index (χ4n) is 2.65. The standard InChI is InChI=1S/C19H26N2O2/c1-15(2)14-20-19(23)17-10-12-21(13-11-17)18(22)9-8-16-6-4-3-5-7-16/h3-9,15,17H,10-14H2,1-2H3,(H,20,23). The zero-order chi connectivity index (χ0) is 16.7. The molecule has 0 radical (unpaired) electrons. The fourth-order valence-corrected chi connectivity index (χ4v) is 2.65. The smallest absolute Gasteiger partial charge is 0.246 e. The zero-order valence-corrected chi connectivity index (χ0v) is 14.0. The lowest BCUT2D eigenvalue weighted by molar-refractivity contribution is -0.132. The first-order chi connectivity index (χ1) is 11.1. The minimum absolute atomic E-state index is 0.0230. The number of rotatable bonds is 5. The van der Waals surface area contributed by atoms with Crippen LogP contribution in [0.5, 0.6) is 0 Å². The Balaban J connectivity index is 1.78. The van der Waals surface area contributed by atoms with E-state index in [1.165, 1.54) is 0 Å². The van der Waals surface area contributed by atoms with Crippen LogP contribution in [0.25, 0.3) is 6.08 Å². The third kappa shape index (κ3) is 5.55. The van der Waals surface area contributed by atoms with E-state index in [0.29, 0.717) is 19.0 Å². The van der Waals surface area contributed by atoms with Crippen molar-refractivity contribution in [3.63, 3.8) is 0 Å². The summed E-state index contributed by atoms with van der Waals surface area (Å²) in [5, 5.41) is 2.99. The largest absolute Gasteiger partial charge is 0.356 e. The summed E-state index contributed by atoms with van der Waals surface area (Å²) in [6.07, 6.45) is 4.95. The molecule has 0 spiro atoms. The van der Waals surface area contributed by atoms with Gasteiger partial charge in [-0.05, 0) is 30.4 Å². The number of benzene rings is 1.